The summed E-state index contributed by atoms with van der Waals surface area (Å²) >= 11 is 0. The number of aryl methyl sites for hydroxylation is 1. The van der Waals surface area contributed by atoms with Crippen LogP contribution in [0, 0.1) is 19.7 Å². The van der Waals surface area contributed by atoms with Crippen molar-refractivity contribution in [2.45, 2.75) is 13.8 Å². The SMILES string of the molecule is Cc1cccc(OCC(=O)N2CCN(c3cc(-c4ccc(F)cc4)ncn3)CC2)c1C. The Labute approximate surface area is 181 Å². The van der Waals surface area contributed by atoms with E-state index in [0.717, 1.165) is 34.0 Å². The van der Waals surface area contributed by atoms with Crippen LogP contribution in [0.5, 0.6) is 5.75 Å². The molecule has 1 aliphatic heterocycles. The maximum Gasteiger partial charge on any atom is 0.260 e. The van der Waals surface area contributed by atoms with Crippen molar-refractivity contribution >= 4 is 11.7 Å². The molecule has 0 spiro atoms. The average Bonchev–Trinajstić information content (AvgIpc) is 2.80. The molecule has 1 fully saturated rings. The van der Waals surface area contributed by atoms with Crippen molar-refractivity contribution in [2.24, 2.45) is 0 Å². The van der Waals surface area contributed by atoms with Crippen molar-refractivity contribution in [3.63, 3.8) is 0 Å². The van der Waals surface area contributed by atoms with E-state index in [9.17, 15) is 9.18 Å². The number of aromatic nitrogens is 2. The predicted molar refractivity (Wildman–Crippen MR) is 118 cm³/mol. The van der Waals surface area contributed by atoms with Crippen LogP contribution in [0.25, 0.3) is 11.3 Å². The highest BCUT2D eigenvalue weighted by Gasteiger charge is 2.22. The molecule has 1 aliphatic rings. The van der Waals surface area contributed by atoms with Crippen molar-refractivity contribution in [2.75, 3.05) is 37.7 Å². The number of hydrogen-bond acceptors (Lipinski definition) is 5. The van der Waals surface area contributed by atoms with Crippen LogP contribution in [0.3, 0.4) is 0 Å². The average molecular weight is 420 g/mol. The molecule has 0 N–H and O–H groups in total. The molecule has 7 heteroatoms. The second-order valence-corrected chi connectivity index (χ2v) is 7.62. The summed E-state index contributed by atoms with van der Waals surface area (Å²) in [6.07, 6.45) is 1.52. The largest absolute Gasteiger partial charge is 0.483 e. The molecule has 31 heavy (non-hydrogen) atoms. The van der Waals surface area contributed by atoms with Crippen molar-refractivity contribution in [1.82, 2.24) is 14.9 Å². The lowest BCUT2D eigenvalue weighted by Gasteiger charge is -2.35. The Morgan fingerprint density at radius 1 is 1.03 bits per heavy atom. The van der Waals surface area contributed by atoms with Gasteiger partial charge in [-0.2, -0.15) is 0 Å². The van der Waals surface area contributed by atoms with Crippen LogP contribution < -0.4 is 9.64 Å². The van der Waals surface area contributed by atoms with Gasteiger partial charge in [-0.25, -0.2) is 14.4 Å². The number of ether oxygens (including phenoxy) is 1. The van der Waals surface area contributed by atoms with Gasteiger partial charge in [0.1, 0.15) is 23.7 Å². The van der Waals surface area contributed by atoms with E-state index in [1.165, 1.54) is 18.5 Å². The summed E-state index contributed by atoms with van der Waals surface area (Å²) in [7, 11) is 0. The summed E-state index contributed by atoms with van der Waals surface area (Å²) < 4.78 is 18.9. The monoisotopic (exact) mass is 420 g/mol. The molecule has 1 amide bonds. The summed E-state index contributed by atoms with van der Waals surface area (Å²) in [5, 5.41) is 0. The second-order valence-electron chi connectivity index (χ2n) is 7.62. The number of rotatable bonds is 5. The Balaban J connectivity index is 1.34. The predicted octanol–water partition coefficient (Wildman–Crippen LogP) is 3.63. The number of halogens is 1. The topological polar surface area (TPSA) is 58.6 Å². The summed E-state index contributed by atoms with van der Waals surface area (Å²) in [5.41, 5.74) is 3.78. The van der Waals surface area contributed by atoms with Gasteiger partial charge >= 0.3 is 0 Å². The minimum Gasteiger partial charge on any atom is -0.483 e. The van der Waals surface area contributed by atoms with Gasteiger partial charge < -0.3 is 14.5 Å². The number of carbonyl (C=O) groups is 1. The molecule has 1 aromatic heterocycles. The van der Waals surface area contributed by atoms with Crippen LogP contribution in [-0.4, -0.2) is 53.6 Å². The third-order valence-electron chi connectivity index (χ3n) is 5.66. The van der Waals surface area contributed by atoms with E-state index in [1.54, 1.807) is 12.1 Å². The van der Waals surface area contributed by atoms with Crippen LogP contribution in [0.1, 0.15) is 11.1 Å². The lowest BCUT2D eigenvalue weighted by Crippen LogP contribution is -2.50. The molecule has 6 nitrogen and oxygen atoms in total. The number of hydrogen-bond donors (Lipinski definition) is 0. The number of nitrogens with zero attached hydrogens (tertiary/aromatic N) is 4. The van der Waals surface area contributed by atoms with Gasteiger partial charge in [0.2, 0.25) is 0 Å². The first kappa shape index (κ1) is 20.8. The Bertz CT molecular complexity index is 1060. The molecule has 160 valence electrons. The van der Waals surface area contributed by atoms with E-state index in [1.807, 2.05) is 43.0 Å². The van der Waals surface area contributed by atoms with E-state index in [4.69, 9.17) is 4.74 Å². The van der Waals surface area contributed by atoms with Crippen LogP contribution in [0.15, 0.2) is 54.9 Å². The van der Waals surface area contributed by atoms with E-state index in [-0.39, 0.29) is 18.3 Å². The Kier molecular flexibility index (Phi) is 6.11. The van der Waals surface area contributed by atoms with Gasteiger partial charge in [-0.3, -0.25) is 4.79 Å². The van der Waals surface area contributed by atoms with Crippen LogP contribution in [0.2, 0.25) is 0 Å². The fraction of sp³-hybridized carbons (Fsp3) is 0.292. The Hall–Kier alpha value is -3.48. The third kappa shape index (κ3) is 4.82. The molecule has 2 aromatic carbocycles. The third-order valence-corrected chi connectivity index (χ3v) is 5.66. The molecule has 0 radical (unpaired) electrons. The van der Waals surface area contributed by atoms with E-state index in [0.29, 0.717) is 26.2 Å². The van der Waals surface area contributed by atoms with Crippen molar-refractivity contribution < 1.29 is 13.9 Å². The summed E-state index contributed by atoms with van der Waals surface area (Å²) in [6.45, 7) is 6.61. The van der Waals surface area contributed by atoms with Crippen LogP contribution in [-0.2, 0) is 4.79 Å². The minimum atomic E-state index is -0.277. The molecular formula is C24H25FN4O2. The maximum absolute atomic E-state index is 13.2. The number of benzene rings is 2. The van der Waals surface area contributed by atoms with Crippen LogP contribution in [0.4, 0.5) is 10.2 Å². The summed E-state index contributed by atoms with van der Waals surface area (Å²) in [6, 6.07) is 14.0. The quantitative estimate of drug-likeness (QED) is 0.631. The lowest BCUT2D eigenvalue weighted by molar-refractivity contribution is -0.133. The molecule has 2 heterocycles. The molecule has 0 bridgehead atoms. The first-order chi connectivity index (χ1) is 15.0. The zero-order chi connectivity index (χ0) is 21.8. The minimum absolute atomic E-state index is 0.0183. The lowest BCUT2D eigenvalue weighted by atomic mass is 10.1. The molecular weight excluding hydrogens is 395 g/mol. The normalized spacial score (nSPS) is 13.9. The van der Waals surface area contributed by atoms with Crippen LogP contribution >= 0.6 is 0 Å². The fourth-order valence-electron chi connectivity index (χ4n) is 3.59. The van der Waals surface area contributed by atoms with Gasteiger partial charge in [0.25, 0.3) is 5.91 Å². The standard InChI is InChI=1S/C24H25FN4O2/c1-17-4-3-5-22(18(17)2)31-15-24(30)29-12-10-28(11-13-29)23-14-21(26-16-27-23)19-6-8-20(25)9-7-19/h3-9,14,16H,10-13,15H2,1-2H3. The number of amides is 1. The summed E-state index contributed by atoms with van der Waals surface area (Å²) in [4.78, 5) is 25.2. The molecule has 4 rings (SSSR count). The first-order valence-corrected chi connectivity index (χ1v) is 10.3. The van der Waals surface area contributed by atoms with Gasteiger partial charge in [-0.15, -0.1) is 0 Å². The zero-order valence-electron chi connectivity index (χ0n) is 17.7. The van der Waals surface area contributed by atoms with Crippen molar-refractivity contribution in [3.8, 4) is 17.0 Å². The fourth-order valence-corrected chi connectivity index (χ4v) is 3.59. The van der Waals surface area contributed by atoms with Gasteiger partial charge in [0.15, 0.2) is 6.61 Å². The molecule has 0 aliphatic carbocycles. The Morgan fingerprint density at radius 2 is 1.77 bits per heavy atom. The molecule has 3 aromatic rings. The van der Waals surface area contributed by atoms with Gasteiger partial charge in [0, 0.05) is 37.8 Å². The molecule has 0 saturated carbocycles. The smallest absolute Gasteiger partial charge is 0.260 e. The van der Waals surface area contributed by atoms with Gasteiger partial charge in [-0.1, -0.05) is 12.1 Å². The molecule has 1 saturated heterocycles. The van der Waals surface area contributed by atoms with Gasteiger partial charge in [-0.05, 0) is 55.3 Å². The summed E-state index contributed by atoms with van der Waals surface area (Å²) in [5.74, 6) is 1.25. The number of carbonyl (C=O) groups excluding carboxylic acids is 1. The highest BCUT2D eigenvalue weighted by Crippen LogP contribution is 2.23. The van der Waals surface area contributed by atoms with Crippen molar-refractivity contribution in [1.29, 1.82) is 0 Å². The first-order valence-electron chi connectivity index (χ1n) is 10.3. The number of piperazine rings is 1. The highest BCUT2D eigenvalue weighted by molar-refractivity contribution is 5.78. The second kappa shape index (κ2) is 9.12. The molecule has 0 unspecified atom stereocenters. The van der Waals surface area contributed by atoms with Gasteiger partial charge in [0.05, 0.1) is 5.69 Å². The van der Waals surface area contributed by atoms with E-state index in [2.05, 4.69) is 14.9 Å². The van der Waals surface area contributed by atoms with E-state index < -0.39 is 0 Å². The van der Waals surface area contributed by atoms with E-state index >= 15 is 0 Å². The molecule has 0 atom stereocenters. The zero-order valence-corrected chi connectivity index (χ0v) is 17.7. The Morgan fingerprint density at radius 3 is 2.52 bits per heavy atom. The highest BCUT2D eigenvalue weighted by atomic mass is 19.1. The number of anilines is 1. The van der Waals surface area contributed by atoms with Crippen molar-refractivity contribution in [3.05, 3.63) is 71.8 Å². The maximum atomic E-state index is 13.2.